The normalized spacial score (nSPS) is 13.5. The van der Waals surface area contributed by atoms with Crippen LogP contribution in [0.4, 0.5) is 24.0 Å². The first kappa shape index (κ1) is 126. The molecule has 4 unspecified atom stereocenters. The number of Topliss-reactive ketones (excluding diaryl/α,β-unsaturated/α-hetero) is 1. The van der Waals surface area contributed by atoms with Crippen molar-refractivity contribution >= 4 is 66.2 Å². The van der Waals surface area contributed by atoms with Gasteiger partial charge in [-0.25, -0.2) is 24.0 Å². The number of hydrogen-bond donors (Lipinski definition) is 12. The number of nitrogens with zero attached hydrogens (tertiary/aromatic N) is 4. The van der Waals surface area contributed by atoms with E-state index in [0.29, 0.717) is 84.2 Å². The second-order valence-electron chi connectivity index (χ2n) is 36.5. The summed E-state index contributed by atoms with van der Waals surface area (Å²) < 4.78 is 64.4. The highest BCUT2D eigenvalue weighted by Gasteiger charge is 2.43. The predicted octanol–water partition coefficient (Wildman–Crippen LogP) is 10.3. The van der Waals surface area contributed by atoms with Crippen LogP contribution in [0.1, 0.15) is 167 Å². The van der Waals surface area contributed by atoms with E-state index in [-0.39, 0.29) is 85.1 Å². The van der Waals surface area contributed by atoms with Gasteiger partial charge in [0, 0.05) is 34.0 Å². The van der Waals surface area contributed by atoms with Gasteiger partial charge in [0.1, 0.15) is 106 Å². The van der Waals surface area contributed by atoms with Gasteiger partial charge in [-0.2, -0.15) is 0 Å². The number of alkyl carbamates (subject to hydrolysis) is 4. The number of hydrogen-bond acceptors (Lipinski definition) is 34. The van der Waals surface area contributed by atoms with E-state index in [2.05, 4.69) is 40.9 Å². The number of aliphatic hydroxyl groups excluding tert-OH is 4. The molecule has 1 heterocycles. The molecule has 0 aliphatic carbocycles. The van der Waals surface area contributed by atoms with Crippen molar-refractivity contribution in [2.75, 3.05) is 197 Å². The first-order valence-corrected chi connectivity index (χ1v) is 50.4. The van der Waals surface area contributed by atoms with Gasteiger partial charge in [0.05, 0.1) is 26.4 Å². The fourth-order valence-electron chi connectivity index (χ4n) is 13.6. The molecule has 0 saturated carbocycles. The number of esters is 5. The van der Waals surface area contributed by atoms with Crippen molar-refractivity contribution < 1.29 is 127 Å². The monoisotopic (exact) mass is 2050 g/mol. The Hall–Kier alpha value is -11.8. The smallest absolute Gasteiger partial charge is 0.460 e. The SMILES string of the molecule is CC.CC(CO)(COC(=O)NCCCN(CCCCN(CCCNC(=O)OCC(C)(CO)C(=O)OCc1ccccc1)CCCNC(=O)OCC(C)(CO)C(=O)OCc1ccccc1)CCCNC(=O)OCC(C)(CO)C(=O)OCc1ccccc1)C(=O)OCc1ccccc1.CC1(C(=O)OCc2ccccc2)COC(=O)OC1.NCCCN(CCCN)CCCCN(CCCN)CCCN.[3H]CC(=O)Cc1ccccc1. The molecule has 38 nitrogen and oxygen atoms in total. The highest BCUT2D eigenvalue weighted by molar-refractivity contribution is 5.81. The van der Waals surface area contributed by atoms with E-state index in [9.17, 15) is 73.2 Å². The maximum atomic E-state index is 12.9. The Bertz CT molecular complexity index is 4160. The number of cyclic esters (lactones) is 2. The summed E-state index contributed by atoms with van der Waals surface area (Å²) in [6, 6.07) is 54.9. The lowest BCUT2D eigenvalue weighted by atomic mass is 9.93. The third-order valence-electron chi connectivity index (χ3n) is 23.1. The largest absolute Gasteiger partial charge is 0.508 e. The molecule has 1 saturated heterocycles. The molecule has 1 aliphatic heterocycles. The minimum absolute atomic E-state index is 0.0144. The summed E-state index contributed by atoms with van der Waals surface area (Å²) in [4.78, 5) is 146. The number of carbonyl (C=O) groups excluding carboxylic acids is 11. The van der Waals surface area contributed by atoms with Crippen molar-refractivity contribution in [1.82, 2.24) is 40.9 Å². The summed E-state index contributed by atoms with van der Waals surface area (Å²) in [6.07, 6.45) is 6.45. The van der Waals surface area contributed by atoms with Crippen LogP contribution in [0.3, 0.4) is 0 Å². The van der Waals surface area contributed by atoms with E-state index in [1.54, 1.807) is 104 Å². The number of unbranched alkanes of at least 4 members (excludes halogenated alkanes) is 2. The molecular weight excluding hydrogens is 1880 g/mol. The van der Waals surface area contributed by atoms with Gasteiger partial charge in [-0.3, -0.25) is 28.8 Å². The summed E-state index contributed by atoms with van der Waals surface area (Å²) >= 11 is 0. The van der Waals surface area contributed by atoms with E-state index >= 15 is 0 Å². The zero-order valence-electron chi connectivity index (χ0n) is 87.8. The van der Waals surface area contributed by atoms with Gasteiger partial charge in [-0.05, 0) is 257 Å². The van der Waals surface area contributed by atoms with Crippen LogP contribution in [0.5, 0.6) is 0 Å². The number of aliphatic hydroxyl groups is 4. The van der Waals surface area contributed by atoms with Crippen molar-refractivity contribution in [3.05, 3.63) is 215 Å². The number of ketones is 1. The minimum atomic E-state index is -1.51. The number of carbonyl (C=O) groups is 11. The average Bonchev–Trinajstić information content (AvgIpc) is 0.832. The molecule has 4 atom stereocenters. The average molecular weight is 2050 g/mol. The van der Waals surface area contributed by atoms with Crippen LogP contribution in [-0.2, 0) is 120 Å². The van der Waals surface area contributed by atoms with Gasteiger partial charge in [-0.15, -0.1) is 0 Å². The van der Waals surface area contributed by atoms with E-state index < -0.39 is 140 Å². The second kappa shape index (κ2) is 76.7. The van der Waals surface area contributed by atoms with Gasteiger partial charge in [0.2, 0.25) is 0 Å². The summed E-state index contributed by atoms with van der Waals surface area (Å²) in [5, 5.41) is 51.1. The Balaban J connectivity index is 0.000000832. The van der Waals surface area contributed by atoms with Crippen LogP contribution < -0.4 is 44.2 Å². The topological polar surface area (TPSA) is 535 Å². The van der Waals surface area contributed by atoms with Gasteiger partial charge >= 0.3 is 60.4 Å². The zero-order chi connectivity index (χ0) is 108. The van der Waals surface area contributed by atoms with Crippen LogP contribution in [0.25, 0.3) is 0 Å². The molecule has 1 aliphatic rings. The number of benzene rings is 6. The molecular formula is C108H166N12O26. The fourth-order valence-corrected chi connectivity index (χ4v) is 13.6. The molecule has 1 fully saturated rings. The lowest BCUT2D eigenvalue weighted by molar-refractivity contribution is -0.167. The van der Waals surface area contributed by atoms with Crippen molar-refractivity contribution in [1.29, 1.82) is 0 Å². The molecule has 146 heavy (non-hydrogen) atoms. The Morgan fingerprint density at radius 1 is 0.329 bits per heavy atom. The molecule has 0 radical (unpaired) electrons. The minimum Gasteiger partial charge on any atom is -0.460 e. The second-order valence-corrected chi connectivity index (χ2v) is 36.5. The van der Waals surface area contributed by atoms with Crippen molar-refractivity contribution in [2.45, 2.75) is 172 Å². The first-order chi connectivity index (χ1) is 70.9. The van der Waals surface area contributed by atoms with E-state index in [1.165, 1.54) is 40.5 Å². The summed E-state index contributed by atoms with van der Waals surface area (Å²) in [7, 11) is 0. The van der Waals surface area contributed by atoms with Crippen molar-refractivity contribution in [3.8, 4) is 0 Å². The third kappa shape index (κ3) is 56.2. The number of rotatable bonds is 67. The molecule has 6 aromatic carbocycles. The van der Waals surface area contributed by atoms with Gasteiger partial charge in [0.15, 0.2) is 0 Å². The predicted molar refractivity (Wildman–Crippen MR) is 554 cm³/mol. The summed E-state index contributed by atoms with van der Waals surface area (Å²) in [6.45, 7) is 20.8. The third-order valence-corrected chi connectivity index (χ3v) is 23.1. The lowest BCUT2D eigenvalue weighted by Gasteiger charge is -2.29. The lowest BCUT2D eigenvalue weighted by Crippen LogP contribution is -2.44. The molecule has 814 valence electrons. The van der Waals surface area contributed by atoms with Crippen molar-refractivity contribution in [2.24, 2.45) is 50.0 Å². The van der Waals surface area contributed by atoms with Crippen LogP contribution in [-0.4, -0.2) is 303 Å². The highest BCUT2D eigenvalue weighted by Crippen LogP contribution is 2.27. The van der Waals surface area contributed by atoms with Gasteiger partial charge in [-0.1, -0.05) is 196 Å². The Morgan fingerprint density at radius 3 is 0.747 bits per heavy atom. The van der Waals surface area contributed by atoms with Crippen LogP contribution in [0.2, 0.25) is 0 Å². The van der Waals surface area contributed by atoms with Crippen LogP contribution >= 0.6 is 0 Å². The standard InChI is InChI=1S/C68H96N6O20.C16H40N6.C13H14O5.C9H10O.C2H6/c1-65(45-75,57(79)87-41-53-23-9-5-10-24-53)49-91-61(83)69-31-19-37-73(38-20-32-70-62(84)92-50-66(2,46-76)58(80)88-42-54-25-11-6-12-26-54)35-17-18-36-74(39-21-33-71-63(85)93-51-67(3,47-77)59(81)89-43-55-27-13-7-14-28-55)40-22-34-72-64(86)94-52-68(4,48-78)60(82)90-44-56-29-15-8-16-30-56;17-7-3-13-21(14-4-8-18)11-1-2-12-22(15-5-9-19)16-6-10-20;1-13(8-17-12(15)18-9-13)11(14)16-7-10-5-3-2-4-6-10;1-8(10)7-9-5-3-2-4-6-9;1-2/h5-16,23-30,75-78H,17-22,31-52H2,1-4H3,(H,69,83)(H,70,84)(H,71,85)(H,72,86);1-20H2;2-6H,7-9H2,1H3;2-6H,7H2,1H3;1-2H3/i;;;1T;. The molecule has 0 aromatic heterocycles. The molecule has 7 rings (SSSR count). The van der Waals surface area contributed by atoms with E-state index in [1.807, 2.05) is 98.8 Å². The zero-order valence-corrected chi connectivity index (χ0v) is 86.8. The summed E-state index contributed by atoms with van der Waals surface area (Å²) in [5.74, 6) is -3.40. The van der Waals surface area contributed by atoms with Crippen molar-refractivity contribution in [3.63, 3.8) is 0 Å². The van der Waals surface area contributed by atoms with Crippen LogP contribution in [0, 0.1) is 27.1 Å². The number of nitrogens with two attached hydrogens (primary N) is 4. The number of ether oxygens (including phenoxy) is 11. The molecule has 0 spiro atoms. The Kier molecular flexibility index (Phi) is 66.5. The van der Waals surface area contributed by atoms with Gasteiger partial charge in [0.25, 0.3) is 0 Å². The van der Waals surface area contributed by atoms with E-state index in [4.69, 9.17) is 76.4 Å². The molecule has 4 amide bonds. The number of nitrogens with one attached hydrogen (secondary N) is 4. The van der Waals surface area contributed by atoms with Gasteiger partial charge < -0.3 is 136 Å². The molecule has 0 bridgehead atoms. The number of amides is 4. The van der Waals surface area contributed by atoms with Crippen LogP contribution in [0.15, 0.2) is 182 Å². The summed E-state index contributed by atoms with van der Waals surface area (Å²) in [5.41, 5.74) is 20.4. The Morgan fingerprint density at radius 2 is 0.534 bits per heavy atom. The molecule has 16 N–H and O–H groups in total. The first-order valence-electron chi connectivity index (χ1n) is 51.1. The highest BCUT2D eigenvalue weighted by atomic mass is 16.7. The van der Waals surface area contributed by atoms with E-state index in [0.717, 1.165) is 125 Å². The maximum absolute atomic E-state index is 12.9. The fraction of sp³-hybridized carbons (Fsp3) is 0.565. The maximum Gasteiger partial charge on any atom is 0.508 e. The molecule has 38 heteroatoms. The molecule has 6 aromatic rings. The Labute approximate surface area is 863 Å². The quantitative estimate of drug-likeness (QED) is 0.00959.